The van der Waals surface area contributed by atoms with E-state index in [4.69, 9.17) is 0 Å². The van der Waals surface area contributed by atoms with Gasteiger partial charge in [0.2, 0.25) is 0 Å². The van der Waals surface area contributed by atoms with Gasteiger partial charge in [-0.15, -0.1) is 0 Å². The van der Waals surface area contributed by atoms with Crippen molar-refractivity contribution >= 4 is 11.8 Å². The van der Waals surface area contributed by atoms with E-state index in [0.29, 0.717) is 18.9 Å². The van der Waals surface area contributed by atoms with Crippen LogP contribution in [0.2, 0.25) is 0 Å². The minimum absolute atomic E-state index is 0.0696. The highest BCUT2D eigenvalue weighted by molar-refractivity contribution is 5.95. The molecule has 1 aliphatic rings. The van der Waals surface area contributed by atoms with Crippen LogP contribution in [0.1, 0.15) is 33.6 Å². The fraction of sp³-hybridized carbons (Fsp3) is 0.263. The third-order valence-electron chi connectivity index (χ3n) is 4.50. The Morgan fingerprint density at radius 3 is 2.19 bits per heavy atom. The predicted octanol–water partition coefficient (Wildman–Crippen LogP) is 3.28. The maximum absolute atomic E-state index is 13.8. The predicted molar refractivity (Wildman–Crippen MR) is 89.1 cm³/mol. The number of benzene rings is 2. The zero-order valence-corrected chi connectivity index (χ0v) is 14.1. The summed E-state index contributed by atoms with van der Waals surface area (Å²) >= 11 is 0. The Labute approximate surface area is 152 Å². The number of rotatable bonds is 3. The topological polar surface area (TPSA) is 49.4 Å². The molecule has 1 heterocycles. The standard InChI is InChI=1S/C19H16F4N2O2/c20-14-4-2-1-3-12(14)18(26)24-11-7-9-25(10-8-11)19(27)13-5-6-15(21)17(23)16(13)22/h1-6,11H,7-10H2,(H,24,26). The van der Waals surface area contributed by atoms with Crippen molar-refractivity contribution in [3.8, 4) is 0 Å². The third-order valence-corrected chi connectivity index (χ3v) is 4.50. The van der Waals surface area contributed by atoms with Crippen LogP contribution in [0.3, 0.4) is 0 Å². The maximum Gasteiger partial charge on any atom is 0.256 e. The van der Waals surface area contributed by atoms with Gasteiger partial charge in [0, 0.05) is 19.1 Å². The van der Waals surface area contributed by atoms with Gasteiger partial charge in [-0.1, -0.05) is 12.1 Å². The van der Waals surface area contributed by atoms with Crippen LogP contribution in [0, 0.1) is 23.3 Å². The fourth-order valence-electron chi connectivity index (χ4n) is 3.00. The summed E-state index contributed by atoms with van der Waals surface area (Å²) in [6.45, 7) is 0.388. The average molecular weight is 380 g/mol. The number of carbonyl (C=O) groups is 2. The van der Waals surface area contributed by atoms with E-state index in [1.54, 1.807) is 6.07 Å². The molecule has 3 rings (SSSR count). The molecule has 8 heteroatoms. The van der Waals surface area contributed by atoms with Gasteiger partial charge < -0.3 is 10.2 Å². The highest BCUT2D eigenvalue weighted by atomic mass is 19.2. The maximum atomic E-state index is 13.8. The number of likely N-dealkylation sites (tertiary alicyclic amines) is 1. The summed E-state index contributed by atoms with van der Waals surface area (Å²) in [5.74, 6) is -6.49. The van der Waals surface area contributed by atoms with Gasteiger partial charge in [0.1, 0.15) is 5.82 Å². The van der Waals surface area contributed by atoms with Crippen LogP contribution in [-0.4, -0.2) is 35.8 Å². The van der Waals surface area contributed by atoms with E-state index < -0.39 is 40.6 Å². The third kappa shape index (κ3) is 3.94. The molecule has 0 saturated carbocycles. The smallest absolute Gasteiger partial charge is 0.256 e. The summed E-state index contributed by atoms with van der Waals surface area (Å²) in [5.41, 5.74) is -0.609. The number of nitrogens with zero attached hydrogens (tertiary/aromatic N) is 1. The largest absolute Gasteiger partial charge is 0.349 e. The second kappa shape index (κ2) is 7.77. The summed E-state index contributed by atoms with van der Waals surface area (Å²) in [5, 5.41) is 2.70. The lowest BCUT2D eigenvalue weighted by Crippen LogP contribution is -2.46. The van der Waals surface area contributed by atoms with Crippen LogP contribution < -0.4 is 5.32 Å². The number of piperidine rings is 1. The number of nitrogens with one attached hydrogen (secondary N) is 1. The molecule has 4 nitrogen and oxygen atoms in total. The molecule has 2 aromatic rings. The van der Waals surface area contributed by atoms with Crippen LogP contribution in [0.5, 0.6) is 0 Å². The van der Waals surface area contributed by atoms with Gasteiger partial charge in [-0.05, 0) is 37.1 Å². The molecule has 1 saturated heterocycles. The molecular formula is C19H16F4N2O2. The highest BCUT2D eigenvalue weighted by Crippen LogP contribution is 2.20. The first kappa shape index (κ1) is 18.9. The van der Waals surface area contributed by atoms with Crippen molar-refractivity contribution in [3.05, 3.63) is 70.8 Å². The molecule has 27 heavy (non-hydrogen) atoms. The molecule has 2 aromatic carbocycles. The molecule has 0 radical (unpaired) electrons. The molecule has 0 atom stereocenters. The molecule has 0 aromatic heterocycles. The van der Waals surface area contributed by atoms with Gasteiger partial charge in [-0.2, -0.15) is 0 Å². The second-order valence-corrected chi connectivity index (χ2v) is 6.24. The van der Waals surface area contributed by atoms with Gasteiger partial charge in [-0.25, -0.2) is 17.6 Å². The molecule has 1 aliphatic heterocycles. The summed E-state index contributed by atoms with van der Waals surface area (Å²) in [4.78, 5) is 25.8. The Balaban J connectivity index is 1.61. The zero-order valence-electron chi connectivity index (χ0n) is 14.1. The first-order chi connectivity index (χ1) is 12.9. The molecule has 0 aliphatic carbocycles. The van der Waals surface area contributed by atoms with Gasteiger partial charge >= 0.3 is 0 Å². The van der Waals surface area contributed by atoms with E-state index in [9.17, 15) is 27.2 Å². The Bertz CT molecular complexity index is 880. The van der Waals surface area contributed by atoms with Gasteiger partial charge in [0.15, 0.2) is 17.5 Å². The van der Waals surface area contributed by atoms with Crippen LogP contribution in [0.25, 0.3) is 0 Å². The monoisotopic (exact) mass is 380 g/mol. The number of hydrogen-bond donors (Lipinski definition) is 1. The number of carbonyl (C=O) groups excluding carboxylic acids is 2. The number of halogens is 4. The minimum Gasteiger partial charge on any atom is -0.349 e. The van der Waals surface area contributed by atoms with Gasteiger partial charge in [0.25, 0.3) is 11.8 Å². The number of amides is 2. The van der Waals surface area contributed by atoms with E-state index in [-0.39, 0.29) is 24.7 Å². The van der Waals surface area contributed by atoms with Crippen LogP contribution in [-0.2, 0) is 0 Å². The summed E-state index contributed by atoms with van der Waals surface area (Å²) in [6.07, 6.45) is 0.745. The van der Waals surface area contributed by atoms with Crippen molar-refractivity contribution in [1.82, 2.24) is 10.2 Å². The first-order valence-electron chi connectivity index (χ1n) is 8.36. The molecule has 142 valence electrons. The van der Waals surface area contributed by atoms with E-state index in [0.717, 1.165) is 6.07 Å². The Morgan fingerprint density at radius 1 is 0.852 bits per heavy atom. The molecule has 0 bridgehead atoms. The molecule has 1 N–H and O–H groups in total. The quantitative estimate of drug-likeness (QED) is 0.656. The molecule has 0 spiro atoms. The first-order valence-corrected chi connectivity index (χ1v) is 8.36. The van der Waals surface area contributed by atoms with Crippen molar-refractivity contribution in [3.63, 3.8) is 0 Å². The molecule has 0 unspecified atom stereocenters. The SMILES string of the molecule is O=C(NC1CCN(C(=O)c2ccc(F)c(F)c2F)CC1)c1ccccc1F. The molecular weight excluding hydrogens is 364 g/mol. The highest BCUT2D eigenvalue weighted by Gasteiger charge is 2.28. The van der Waals surface area contributed by atoms with Crippen molar-refractivity contribution in [2.24, 2.45) is 0 Å². The minimum atomic E-state index is -1.69. The second-order valence-electron chi connectivity index (χ2n) is 6.24. The van der Waals surface area contributed by atoms with E-state index >= 15 is 0 Å². The van der Waals surface area contributed by atoms with Gasteiger partial charge in [-0.3, -0.25) is 9.59 Å². The average Bonchev–Trinajstić information content (AvgIpc) is 2.66. The lowest BCUT2D eigenvalue weighted by molar-refractivity contribution is 0.0692. The van der Waals surface area contributed by atoms with Crippen LogP contribution in [0.4, 0.5) is 17.6 Å². The van der Waals surface area contributed by atoms with Crippen molar-refractivity contribution in [2.45, 2.75) is 18.9 Å². The Kier molecular flexibility index (Phi) is 5.43. The van der Waals surface area contributed by atoms with Crippen molar-refractivity contribution < 1.29 is 27.2 Å². The molecule has 1 fully saturated rings. The van der Waals surface area contributed by atoms with E-state index in [1.165, 1.54) is 23.1 Å². The fourth-order valence-corrected chi connectivity index (χ4v) is 3.00. The Morgan fingerprint density at radius 2 is 1.52 bits per heavy atom. The van der Waals surface area contributed by atoms with E-state index in [1.807, 2.05) is 0 Å². The lowest BCUT2D eigenvalue weighted by atomic mass is 10.0. The van der Waals surface area contributed by atoms with Crippen molar-refractivity contribution in [2.75, 3.05) is 13.1 Å². The van der Waals surface area contributed by atoms with Gasteiger partial charge in [0.05, 0.1) is 11.1 Å². The Hall–Kier alpha value is -2.90. The normalized spacial score (nSPS) is 14.9. The van der Waals surface area contributed by atoms with E-state index in [2.05, 4.69) is 5.32 Å². The summed E-state index contributed by atoms with van der Waals surface area (Å²) in [7, 11) is 0. The molecule has 2 amide bonds. The summed E-state index contributed by atoms with van der Waals surface area (Å²) in [6, 6.07) is 6.91. The van der Waals surface area contributed by atoms with Crippen LogP contribution in [0.15, 0.2) is 36.4 Å². The van der Waals surface area contributed by atoms with Crippen LogP contribution >= 0.6 is 0 Å². The van der Waals surface area contributed by atoms with Crippen molar-refractivity contribution in [1.29, 1.82) is 0 Å². The lowest BCUT2D eigenvalue weighted by Gasteiger charge is -2.32. The zero-order chi connectivity index (χ0) is 19.6. The summed E-state index contributed by atoms with van der Waals surface area (Å²) < 4.78 is 53.7. The number of hydrogen-bond acceptors (Lipinski definition) is 2.